The second-order valence-electron chi connectivity index (χ2n) is 4.82. The van der Waals surface area contributed by atoms with Crippen molar-refractivity contribution in [1.29, 1.82) is 0 Å². The van der Waals surface area contributed by atoms with Crippen LogP contribution in [0.5, 0.6) is 0 Å². The molecule has 2 N–H and O–H groups in total. The number of rotatable bonds is 3. The minimum Gasteiger partial charge on any atom is -0.326 e. The van der Waals surface area contributed by atoms with Gasteiger partial charge in [-0.15, -0.1) is 0 Å². The molecule has 0 aromatic carbocycles. The molecule has 0 saturated carbocycles. The molecule has 7 nitrogen and oxygen atoms in total. The fourth-order valence-corrected chi connectivity index (χ4v) is 2.08. The average Bonchev–Trinajstić information content (AvgIpc) is 2.68. The van der Waals surface area contributed by atoms with Crippen molar-refractivity contribution in [3.63, 3.8) is 0 Å². The van der Waals surface area contributed by atoms with Gasteiger partial charge in [0, 0.05) is 26.7 Å². The van der Waals surface area contributed by atoms with Crippen LogP contribution in [0.25, 0.3) is 11.2 Å². The maximum Gasteiger partial charge on any atom is 0.332 e. The molecule has 1 unspecified atom stereocenters. The lowest BCUT2D eigenvalue weighted by Crippen LogP contribution is -2.43. The first-order valence-electron chi connectivity index (χ1n) is 6.26. The summed E-state index contributed by atoms with van der Waals surface area (Å²) in [6.07, 6.45) is 0.706. The smallest absolute Gasteiger partial charge is 0.326 e. The Kier molecular flexibility index (Phi) is 3.32. The maximum absolute atomic E-state index is 12.4. The summed E-state index contributed by atoms with van der Waals surface area (Å²) in [5.74, 6) is 0.694. The SMILES string of the molecule is CCC(N)Cn1c(=O)c2c(nc(C)n2C)n(C)c1=O. The summed E-state index contributed by atoms with van der Waals surface area (Å²) in [4.78, 5) is 28.9. The highest BCUT2D eigenvalue weighted by atomic mass is 16.2. The molecule has 2 aromatic rings. The quantitative estimate of drug-likeness (QED) is 0.809. The fraction of sp³-hybridized carbons (Fsp3) is 0.583. The maximum atomic E-state index is 12.4. The second-order valence-corrected chi connectivity index (χ2v) is 4.82. The average molecular weight is 265 g/mol. The molecule has 0 spiro atoms. The van der Waals surface area contributed by atoms with E-state index in [0.29, 0.717) is 23.4 Å². The molecular formula is C12H19N5O2. The van der Waals surface area contributed by atoms with Gasteiger partial charge in [-0.3, -0.25) is 13.9 Å². The van der Waals surface area contributed by atoms with E-state index in [4.69, 9.17) is 5.73 Å². The molecule has 0 aliphatic heterocycles. The van der Waals surface area contributed by atoms with E-state index >= 15 is 0 Å². The molecular weight excluding hydrogens is 246 g/mol. The van der Waals surface area contributed by atoms with Crippen molar-refractivity contribution in [2.24, 2.45) is 19.8 Å². The summed E-state index contributed by atoms with van der Waals surface area (Å²) in [5.41, 5.74) is 5.99. The number of fused-ring (bicyclic) bond motifs is 1. The molecule has 19 heavy (non-hydrogen) atoms. The van der Waals surface area contributed by atoms with E-state index in [1.807, 2.05) is 6.92 Å². The highest BCUT2D eigenvalue weighted by Crippen LogP contribution is 2.07. The number of aryl methyl sites for hydroxylation is 3. The van der Waals surface area contributed by atoms with E-state index in [1.165, 1.54) is 9.13 Å². The minimum atomic E-state index is -0.375. The Morgan fingerprint density at radius 3 is 2.47 bits per heavy atom. The van der Waals surface area contributed by atoms with Crippen molar-refractivity contribution in [2.75, 3.05) is 0 Å². The largest absolute Gasteiger partial charge is 0.332 e. The van der Waals surface area contributed by atoms with E-state index in [9.17, 15) is 9.59 Å². The van der Waals surface area contributed by atoms with Gasteiger partial charge in [-0.1, -0.05) is 6.92 Å². The first-order chi connectivity index (χ1) is 8.88. The summed E-state index contributed by atoms with van der Waals surface area (Å²) >= 11 is 0. The third-order valence-electron chi connectivity index (χ3n) is 3.53. The van der Waals surface area contributed by atoms with Crippen LogP contribution in [0.2, 0.25) is 0 Å². The zero-order chi connectivity index (χ0) is 14.3. The van der Waals surface area contributed by atoms with Gasteiger partial charge in [-0.25, -0.2) is 9.78 Å². The van der Waals surface area contributed by atoms with E-state index in [1.54, 1.807) is 25.6 Å². The van der Waals surface area contributed by atoms with Gasteiger partial charge in [0.1, 0.15) is 5.82 Å². The molecule has 0 radical (unpaired) electrons. The number of nitrogens with two attached hydrogens (primary N) is 1. The summed E-state index contributed by atoms with van der Waals surface area (Å²) in [5, 5.41) is 0. The Hall–Kier alpha value is -1.89. The van der Waals surface area contributed by atoms with Gasteiger partial charge in [0.25, 0.3) is 5.56 Å². The molecule has 0 aliphatic carbocycles. The lowest BCUT2D eigenvalue weighted by atomic mass is 10.2. The van der Waals surface area contributed by atoms with E-state index in [2.05, 4.69) is 4.98 Å². The Morgan fingerprint density at radius 2 is 1.89 bits per heavy atom. The third kappa shape index (κ3) is 1.99. The van der Waals surface area contributed by atoms with Crippen LogP contribution in [0.4, 0.5) is 0 Å². The van der Waals surface area contributed by atoms with Crippen molar-refractivity contribution in [2.45, 2.75) is 32.9 Å². The van der Waals surface area contributed by atoms with Crippen LogP contribution in [0.1, 0.15) is 19.2 Å². The molecule has 0 aliphatic rings. The fourth-order valence-electron chi connectivity index (χ4n) is 2.08. The van der Waals surface area contributed by atoms with E-state index < -0.39 is 0 Å². The molecule has 2 heterocycles. The van der Waals surface area contributed by atoms with E-state index in [-0.39, 0.29) is 23.8 Å². The molecule has 0 saturated heterocycles. The standard InChI is InChI=1S/C12H19N5O2/c1-5-8(13)6-17-11(18)9-10(16(4)12(17)19)14-7(2)15(9)3/h8H,5-6,13H2,1-4H3. The van der Waals surface area contributed by atoms with Gasteiger partial charge >= 0.3 is 5.69 Å². The molecule has 0 amide bonds. The monoisotopic (exact) mass is 265 g/mol. The first kappa shape index (κ1) is 13.5. The van der Waals surface area contributed by atoms with Crippen LogP contribution in [0, 0.1) is 6.92 Å². The van der Waals surface area contributed by atoms with Crippen molar-refractivity contribution >= 4 is 11.2 Å². The van der Waals surface area contributed by atoms with Crippen LogP contribution < -0.4 is 17.0 Å². The summed E-state index contributed by atoms with van der Waals surface area (Å²) in [6.45, 7) is 3.95. The molecule has 2 rings (SSSR count). The molecule has 7 heteroatoms. The van der Waals surface area contributed by atoms with Crippen LogP contribution in [-0.2, 0) is 20.6 Å². The molecule has 2 aromatic heterocycles. The Morgan fingerprint density at radius 1 is 1.26 bits per heavy atom. The topological polar surface area (TPSA) is 87.8 Å². The highest BCUT2D eigenvalue weighted by molar-refractivity contribution is 5.70. The zero-order valence-electron chi connectivity index (χ0n) is 11.7. The number of hydrogen-bond donors (Lipinski definition) is 1. The normalized spacial score (nSPS) is 13.1. The predicted octanol–water partition coefficient (Wildman–Crippen LogP) is -0.521. The predicted molar refractivity (Wildman–Crippen MR) is 73.2 cm³/mol. The lowest BCUT2D eigenvalue weighted by molar-refractivity contribution is 0.500. The van der Waals surface area contributed by atoms with Gasteiger partial charge in [0.05, 0.1) is 0 Å². The molecule has 0 bridgehead atoms. The van der Waals surface area contributed by atoms with Crippen molar-refractivity contribution in [3.8, 4) is 0 Å². The molecule has 104 valence electrons. The number of aromatic nitrogens is 4. The highest BCUT2D eigenvalue weighted by Gasteiger charge is 2.17. The zero-order valence-corrected chi connectivity index (χ0v) is 11.7. The number of imidazole rings is 1. The van der Waals surface area contributed by atoms with Crippen LogP contribution in [0.3, 0.4) is 0 Å². The van der Waals surface area contributed by atoms with Crippen LogP contribution in [0.15, 0.2) is 9.59 Å². The van der Waals surface area contributed by atoms with Gasteiger partial charge < -0.3 is 10.3 Å². The Balaban J connectivity index is 2.83. The van der Waals surface area contributed by atoms with Gasteiger partial charge in [0.2, 0.25) is 0 Å². The third-order valence-corrected chi connectivity index (χ3v) is 3.53. The summed E-state index contributed by atoms with van der Waals surface area (Å²) < 4.78 is 4.29. The van der Waals surface area contributed by atoms with Crippen molar-refractivity contribution in [1.82, 2.24) is 18.7 Å². The molecule has 1 atom stereocenters. The van der Waals surface area contributed by atoms with Gasteiger partial charge in [-0.05, 0) is 13.3 Å². The Bertz CT molecular complexity index is 737. The second kappa shape index (κ2) is 4.65. The van der Waals surface area contributed by atoms with Crippen LogP contribution in [-0.4, -0.2) is 24.7 Å². The summed E-state index contributed by atoms with van der Waals surface area (Å²) in [7, 11) is 3.38. The molecule has 0 fully saturated rings. The van der Waals surface area contributed by atoms with Crippen molar-refractivity contribution < 1.29 is 0 Å². The minimum absolute atomic E-state index is 0.211. The van der Waals surface area contributed by atoms with Gasteiger partial charge in [-0.2, -0.15) is 0 Å². The van der Waals surface area contributed by atoms with Gasteiger partial charge in [0.15, 0.2) is 11.2 Å². The number of hydrogen-bond acceptors (Lipinski definition) is 4. The van der Waals surface area contributed by atoms with E-state index in [0.717, 1.165) is 0 Å². The van der Waals surface area contributed by atoms with Crippen LogP contribution >= 0.6 is 0 Å². The van der Waals surface area contributed by atoms with Crippen molar-refractivity contribution in [3.05, 3.63) is 26.7 Å². The Labute approximate surface area is 110 Å². The first-order valence-corrected chi connectivity index (χ1v) is 6.26. The lowest BCUT2D eigenvalue weighted by Gasteiger charge is -2.12. The summed E-state index contributed by atoms with van der Waals surface area (Å²) in [6, 6.07) is -0.211. The number of nitrogens with zero attached hydrogens (tertiary/aromatic N) is 4.